The smallest absolute Gasteiger partial charge is 0.325 e. The van der Waals surface area contributed by atoms with Gasteiger partial charge in [0.25, 0.3) is 0 Å². The summed E-state index contributed by atoms with van der Waals surface area (Å²) in [4.78, 5) is 11.9. The van der Waals surface area contributed by atoms with Crippen molar-refractivity contribution in [1.82, 2.24) is 4.57 Å². The van der Waals surface area contributed by atoms with E-state index in [0.29, 0.717) is 6.61 Å². The maximum absolute atomic E-state index is 11.9. The molecule has 0 fully saturated rings. The van der Waals surface area contributed by atoms with Crippen molar-refractivity contribution in [2.24, 2.45) is 5.73 Å². The fourth-order valence-electron chi connectivity index (χ4n) is 3.20. The highest BCUT2D eigenvalue weighted by Gasteiger charge is 2.25. The molecule has 1 aliphatic carbocycles. The Hall–Kier alpha value is -1.33. The number of benzene rings is 1. The number of hydrogen-bond acceptors (Lipinski definition) is 3. The Bertz CT molecular complexity index is 693. The van der Waals surface area contributed by atoms with E-state index in [4.69, 9.17) is 10.5 Å². The number of esters is 1. The third-order valence-corrected chi connectivity index (χ3v) is 4.71. The molecular formula is C16H19BrN2O2. The van der Waals surface area contributed by atoms with Crippen LogP contribution in [0.25, 0.3) is 10.9 Å². The number of rotatable bonds is 3. The molecule has 1 aliphatic rings. The second-order valence-corrected chi connectivity index (χ2v) is 6.31. The second kappa shape index (κ2) is 5.81. The Morgan fingerprint density at radius 1 is 1.52 bits per heavy atom. The molecule has 0 spiro atoms. The van der Waals surface area contributed by atoms with Crippen LogP contribution in [0.1, 0.15) is 24.6 Å². The lowest BCUT2D eigenvalue weighted by Crippen LogP contribution is -2.28. The summed E-state index contributed by atoms with van der Waals surface area (Å²) >= 11 is 3.61. The molecule has 1 atom stereocenters. The number of halogens is 1. The molecule has 0 radical (unpaired) electrons. The molecule has 0 amide bonds. The maximum atomic E-state index is 11.9. The van der Waals surface area contributed by atoms with Gasteiger partial charge in [-0.2, -0.15) is 0 Å². The number of nitrogens with zero attached hydrogens (tertiary/aromatic N) is 1. The zero-order chi connectivity index (χ0) is 15.0. The van der Waals surface area contributed by atoms with Crippen LogP contribution in [0.3, 0.4) is 0 Å². The first-order valence-corrected chi connectivity index (χ1v) is 8.10. The van der Waals surface area contributed by atoms with Gasteiger partial charge in [0, 0.05) is 21.6 Å². The summed E-state index contributed by atoms with van der Waals surface area (Å²) in [6.45, 7) is 2.50. The molecule has 0 bridgehead atoms. The summed E-state index contributed by atoms with van der Waals surface area (Å²) in [5, 5.41) is 1.19. The Morgan fingerprint density at radius 3 is 3.10 bits per heavy atom. The van der Waals surface area contributed by atoms with Crippen LogP contribution in [-0.4, -0.2) is 23.2 Å². The van der Waals surface area contributed by atoms with Gasteiger partial charge in [-0.05, 0) is 53.7 Å². The van der Waals surface area contributed by atoms with E-state index in [-0.39, 0.29) is 18.6 Å². The molecule has 1 heterocycles. The second-order valence-electron chi connectivity index (χ2n) is 5.46. The van der Waals surface area contributed by atoms with E-state index in [0.717, 1.165) is 29.3 Å². The van der Waals surface area contributed by atoms with Crippen molar-refractivity contribution >= 4 is 32.8 Å². The number of carbonyl (C=O) groups is 1. The van der Waals surface area contributed by atoms with Gasteiger partial charge in [-0.1, -0.05) is 12.1 Å². The molecule has 2 N–H and O–H groups in total. The summed E-state index contributed by atoms with van der Waals surface area (Å²) < 4.78 is 8.22. The first-order chi connectivity index (χ1) is 10.1. The average Bonchev–Trinajstić information content (AvgIpc) is 2.74. The Balaban J connectivity index is 2.15. The van der Waals surface area contributed by atoms with Gasteiger partial charge < -0.3 is 15.0 Å². The number of para-hydroxylation sites is 1. The summed E-state index contributed by atoms with van der Waals surface area (Å²) in [6, 6.07) is 6.35. The Kier molecular flexibility index (Phi) is 4.04. The van der Waals surface area contributed by atoms with E-state index in [2.05, 4.69) is 26.6 Å². The van der Waals surface area contributed by atoms with E-state index >= 15 is 0 Å². The van der Waals surface area contributed by atoms with E-state index in [1.165, 1.54) is 16.6 Å². The minimum Gasteiger partial charge on any atom is -0.465 e. The van der Waals surface area contributed by atoms with Crippen LogP contribution in [0.15, 0.2) is 22.7 Å². The van der Waals surface area contributed by atoms with Crippen LogP contribution >= 0.6 is 15.9 Å². The van der Waals surface area contributed by atoms with Crippen LogP contribution < -0.4 is 5.73 Å². The summed E-state index contributed by atoms with van der Waals surface area (Å²) in [7, 11) is 0. The molecule has 21 heavy (non-hydrogen) atoms. The van der Waals surface area contributed by atoms with Crippen LogP contribution in [0.2, 0.25) is 0 Å². The van der Waals surface area contributed by atoms with Gasteiger partial charge in [0.05, 0.1) is 12.1 Å². The molecule has 2 aromatic rings. The Morgan fingerprint density at radius 2 is 2.33 bits per heavy atom. The maximum Gasteiger partial charge on any atom is 0.325 e. The van der Waals surface area contributed by atoms with E-state index in [9.17, 15) is 4.79 Å². The lowest BCUT2D eigenvalue weighted by molar-refractivity contribution is -0.143. The van der Waals surface area contributed by atoms with Gasteiger partial charge in [0.2, 0.25) is 0 Å². The van der Waals surface area contributed by atoms with Crippen molar-refractivity contribution in [2.45, 2.75) is 38.8 Å². The first-order valence-electron chi connectivity index (χ1n) is 7.31. The van der Waals surface area contributed by atoms with Crippen molar-refractivity contribution in [3.05, 3.63) is 33.9 Å². The SMILES string of the molecule is CCOC(=O)Cn1c2c(c3cccc(Br)c31)CC(N)CC2. The lowest BCUT2D eigenvalue weighted by atomic mass is 9.92. The van der Waals surface area contributed by atoms with Crippen molar-refractivity contribution in [1.29, 1.82) is 0 Å². The highest BCUT2D eigenvalue weighted by atomic mass is 79.9. The minimum atomic E-state index is -0.192. The molecule has 0 saturated heterocycles. The first kappa shape index (κ1) is 14.6. The molecule has 0 aliphatic heterocycles. The molecule has 0 saturated carbocycles. The third-order valence-electron chi connectivity index (χ3n) is 4.07. The molecule has 1 aromatic carbocycles. The number of hydrogen-bond donors (Lipinski definition) is 1. The largest absolute Gasteiger partial charge is 0.465 e. The number of carbonyl (C=O) groups excluding carboxylic acids is 1. The molecule has 112 valence electrons. The van der Waals surface area contributed by atoms with Crippen molar-refractivity contribution < 1.29 is 9.53 Å². The summed E-state index contributed by atoms with van der Waals surface area (Å²) in [5.41, 5.74) is 9.71. The van der Waals surface area contributed by atoms with Crippen LogP contribution in [0.4, 0.5) is 0 Å². The van der Waals surface area contributed by atoms with Crippen LogP contribution in [0, 0.1) is 0 Å². The van der Waals surface area contributed by atoms with Gasteiger partial charge in [0.1, 0.15) is 6.54 Å². The summed E-state index contributed by atoms with van der Waals surface area (Å²) in [6.07, 6.45) is 2.75. The lowest BCUT2D eigenvalue weighted by Gasteiger charge is -2.20. The minimum absolute atomic E-state index is 0.192. The fraction of sp³-hybridized carbons (Fsp3) is 0.438. The predicted octanol–water partition coefficient (Wildman–Crippen LogP) is 2.78. The number of fused-ring (bicyclic) bond motifs is 3. The zero-order valence-corrected chi connectivity index (χ0v) is 13.6. The number of nitrogens with two attached hydrogens (primary N) is 1. The Labute approximate surface area is 132 Å². The van der Waals surface area contributed by atoms with E-state index in [1.807, 2.05) is 19.1 Å². The predicted molar refractivity (Wildman–Crippen MR) is 86.3 cm³/mol. The zero-order valence-electron chi connectivity index (χ0n) is 12.1. The van der Waals surface area contributed by atoms with Crippen LogP contribution in [-0.2, 0) is 28.9 Å². The molecular weight excluding hydrogens is 332 g/mol. The molecule has 1 aromatic heterocycles. The van der Waals surface area contributed by atoms with E-state index in [1.54, 1.807) is 0 Å². The van der Waals surface area contributed by atoms with Gasteiger partial charge in [-0.15, -0.1) is 0 Å². The quantitative estimate of drug-likeness (QED) is 0.866. The summed E-state index contributed by atoms with van der Waals surface area (Å²) in [5.74, 6) is -0.192. The topological polar surface area (TPSA) is 57.2 Å². The van der Waals surface area contributed by atoms with Crippen molar-refractivity contribution in [2.75, 3.05) is 6.61 Å². The van der Waals surface area contributed by atoms with Gasteiger partial charge in [-0.3, -0.25) is 4.79 Å². The third kappa shape index (κ3) is 2.60. The normalized spacial score (nSPS) is 17.8. The molecule has 1 unspecified atom stereocenters. The number of aromatic nitrogens is 1. The highest BCUT2D eigenvalue weighted by Crippen LogP contribution is 2.35. The fourth-order valence-corrected chi connectivity index (χ4v) is 3.78. The van der Waals surface area contributed by atoms with Crippen molar-refractivity contribution in [3.8, 4) is 0 Å². The van der Waals surface area contributed by atoms with Gasteiger partial charge in [0.15, 0.2) is 0 Å². The van der Waals surface area contributed by atoms with E-state index < -0.39 is 0 Å². The molecule has 4 nitrogen and oxygen atoms in total. The monoisotopic (exact) mass is 350 g/mol. The highest BCUT2D eigenvalue weighted by molar-refractivity contribution is 9.10. The standard InChI is InChI=1S/C16H19BrN2O2/c1-2-21-15(20)9-19-14-7-6-10(18)8-12(14)11-4-3-5-13(17)16(11)19/h3-5,10H,2,6-9,18H2,1H3. The molecule has 5 heteroatoms. The number of ether oxygens (including phenoxy) is 1. The average molecular weight is 351 g/mol. The van der Waals surface area contributed by atoms with Crippen molar-refractivity contribution in [3.63, 3.8) is 0 Å². The van der Waals surface area contributed by atoms with Gasteiger partial charge in [-0.25, -0.2) is 0 Å². The van der Waals surface area contributed by atoms with Crippen LogP contribution in [0.5, 0.6) is 0 Å². The molecule has 3 rings (SSSR count). The van der Waals surface area contributed by atoms with Gasteiger partial charge >= 0.3 is 5.97 Å².